The van der Waals surface area contributed by atoms with Crippen LogP contribution in [0.1, 0.15) is 33.6 Å². The summed E-state index contributed by atoms with van der Waals surface area (Å²) >= 11 is 0. The molecule has 2 heteroatoms. The highest BCUT2D eigenvalue weighted by Gasteiger charge is 2.48. The fourth-order valence-electron chi connectivity index (χ4n) is 2.54. The summed E-state index contributed by atoms with van der Waals surface area (Å²) in [5.74, 6) is 0.945. The van der Waals surface area contributed by atoms with E-state index in [1.807, 2.05) is 0 Å². The highest BCUT2D eigenvalue weighted by molar-refractivity contribution is 5.05. The zero-order valence-corrected chi connectivity index (χ0v) is 9.35. The third-order valence-corrected chi connectivity index (χ3v) is 3.89. The molecule has 13 heavy (non-hydrogen) atoms. The Morgan fingerprint density at radius 1 is 1.23 bits per heavy atom. The van der Waals surface area contributed by atoms with Crippen molar-refractivity contribution in [1.29, 1.82) is 0 Å². The number of nitrogens with zero attached hydrogens (tertiary/aromatic N) is 1. The minimum atomic E-state index is 0.295. The minimum Gasteiger partial charge on any atom is -0.309 e. The van der Waals surface area contributed by atoms with Crippen LogP contribution in [-0.2, 0) is 0 Å². The first kappa shape index (κ1) is 9.47. The van der Waals surface area contributed by atoms with Gasteiger partial charge in [0, 0.05) is 24.2 Å². The van der Waals surface area contributed by atoms with Crippen LogP contribution in [0.3, 0.4) is 0 Å². The Morgan fingerprint density at radius 3 is 2.31 bits per heavy atom. The number of hydrogen-bond acceptors (Lipinski definition) is 2. The summed E-state index contributed by atoms with van der Waals surface area (Å²) in [6.45, 7) is 9.31. The van der Waals surface area contributed by atoms with E-state index in [2.05, 4.69) is 38.0 Å². The van der Waals surface area contributed by atoms with E-state index in [1.54, 1.807) is 0 Å². The molecule has 0 spiro atoms. The molecule has 0 radical (unpaired) electrons. The van der Waals surface area contributed by atoms with Crippen LogP contribution in [0.5, 0.6) is 0 Å². The molecule has 0 aromatic carbocycles. The van der Waals surface area contributed by atoms with E-state index in [4.69, 9.17) is 0 Å². The monoisotopic (exact) mass is 182 g/mol. The zero-order valence-electron chi connectivity index (χ0n) is 9.35. The molecular formula is C11H22N2. The average molecular weight is 182 g/mol. The van der Waals surface area contributed by atoms with Gasteiger partial charge < -0.3 is 5.32 Å². The van der Waals surface area contributed by atoms with Crippen LogP contribution in [0.4, 0.5) is 0 Å². The van der Waals surface area contributed by atoms with Gasteiger partial charge in [0.2, 0.25) is 0 Å². The molecule has 1 heterocycles. The van der Waals surface area contributed by atoms with Crippen molar-refractivity contribution in [2.45, 2.75) is 44.7 Å². The molecule has 0 aromatic heterocycles. The van der Waals surface area contributed by atoms with Crippen LogP contribution in [0, 0.1) is 5.92 Å². The van der Waals surface area contributed by atoms with Crippen molar-refractivity contribution in [2.75, 3.05) is 20.1 Å². The van der Waals surface area contributed by atoms with Crippen molar-refractivity contribution in [3.8, 4) is 0 Å². The predicted octanol–water partition coefficient (Wildman–Crippen LogP) is 1.47. The van der Waals surface area contributed by atoms with Gasteiger partial charge in [-0.2, -0.15) is 0 Å². The van der Waals surface area contributed by atoms with Gasteiger partial charge in [-0.15, -0.1) is 0 Å². The number of nitrogens with one attached hydrogen (secondary N) is 1. The van der Waals surface area contributed by atoms with E-state index >= 15 is 0 Å². The number of piperazine rings is 1. The lowest BCUT2D eigenvalue weighted by Gasteiger charge is -2.50. The van der Waals surface area contributed by atoms with Crippen LogP contribution < -0.4 is 5.32 Å². The largest absolute Gasteiger partial charge is 0.309 e. The summed E-state index contributed by atoms with van der Waals surface area (Å²) < 4.78 is 0. The standard InChI is InChI=1S/C11H22N2/c1-10(2)8-13(4)11(3,7-12-10)9-5-6-9/h9,12H,5-8H2,1-4H3. The molecule has 1 atom stereocenters. The van der Waals surface area contributed by atoms with Gasteiger partial charge in [0.25, 0.3) is 0 Å². The second-order valence-corrected chi connectivity index (χ2v) is 5.72. The van der Waals surface area contributed by atoms with E-state index < -0.39 is 0 Å². The fraction of sp³-hybridized carbons (Fsp3) is 1.00. The lowest BCUT2D eigenvalue weighted by Crippen LogP contribution is -2.66. The Morgan fingerprint density at radius 2 is 1.85 bits per heavy atom. The molecule has 2 nitrogen and oxygen atoms in total. The molecule has 0 aromatic rings. The van der Waals surface area contributed by atoms with Crippen LogP contribution in [0.15, 0.2) is 0 Å². The predicted molar refractivity (Wildman–Crippen MR) is 55.8 cm³/mol. The van der Waals surface area contributed by atoms with Crippen molar-refractivity contribution in [1.82, 2.24) is 10.2 Å². The molecule has 76 valence electrons. The van der Waals surface area contributed by atoms with Gasteiger partial charge in [0.1, 0.15) is 0 Å². The summed E-state index contributed by atoms with van der Waals surface area (Å²) in [4.78, 5) is 2.56. The lowest BCUT2D eigenvalue weighted by molar-refractivity contribution is 0.0347. The van der Waals surface area contributed by atoms with E-state index in [0.717, 1.165) is 12.5 Å². The van der Waals surface area contributed by atoms with E-state index in [0.29, 0.717) is 11.1 Å². The summed E-state index contributed by atoms with van der Waals surface area (Å²) in [5.41, 5.74) is 0.721. The summed E-state index contributed by atoms with van der Waals surface area (Å²) in [5, 5.41) is 3.66. The molecule has 1 aliphatic heterocycles. The maximum atomic E-state index is 3.66. The Kier molecular flexibility index (Phi) is 1.97. The Balaban J connectivity index is 2.08. The molecule has 2 rings (SSSR count). The van der Waals surface area contributed by atoms with Crippen molar-refractivity contribution in [2.24, 2.45) is 5.92 Å². The molecule has 1 unspecified atom stereocenters. The highest BCUT2D eigenvalue weighted by Crippen LogP contribution is 2.43. The van der Waals surface area contributed by atoms with E-state index in [9.17, 15) is 0 Å². The van der Waals surface area contributed by atoms with Crippen molar-refractivity contribution in [3.63, 3.8) is 0 Å². The lowest BCUT2D eigenvalue weighted by atomic mass is 9.87. The maximum Gasteiger partial charge on any atom is 0.0331 e. The fourth-order valence-corrected chi connectivity index (χ4v) is 2.54. The molecule has 1 saturated heterocycles. The molecule has 1 N–H and O–H groups in total. The topological polar surface area (TPSA) is 15.3 Å². The molecule has 2 fully saturated rings. The molecule has 1 aliphatic carbocycles. The van der Waals surface area contributed by atoms with Gasteiger partial charge in [0.05, 0.1) is 0 Å². The molecular weight excluding hydrogens is 160 g/mol. The maximum absolute atomic E-state index is 3.66. The first-order chi connectivity index (χ1) is 5.94. The van der Waals surface area contributed by atoms with Crippen molar-refractivity contribution < 1.29 is 0 Å². The van der Waals surface area contributed by atoms with Crippen LogP contribution in [0.25, 0.3) is 0 Å². The van der Waals surface area contributed by atoms with Crippen LogP contribution in [-0.4, -0.2) is 36.1 Å². The third kappa shape index (κ3) is 1.62. The van der Waals surface area contributed by atoms with Crippen LogP contribution >= 0.6 is 0 Å². The quantitative estimate of drug-likeness (QED) is 0.660. The van der Waals surface area contributed by atoms with Gasteiger partial charge in [-0.05, 0) is 46.6 Å². The normalized spacial score (nSPS) is 40.6. The van der Waals surface area contributed by atoms with Gasteiger partial charge in [-0.25, -0.2) is 0 Å². The molecule has 0 bridgehead atoms. The molecule has 0 amide bonds. The average Bonchev–Trinajstić information content (AvgIpc) is 2.79. The summed E-state index contributed by atoms with van der Waals surface area (Å²) in [6.07, 6.45) is 2.87. The Labute approximate surface area is 81.7 Å². The number of rotatable bonds is 1. The van der Waals surface area contributed by atoms with Crippen molar-refractivity contribution >= 4 is 0 Å². The summed E-state index contributed by atoms with van der Waals surface area (Å²) in [7, 11) is 2.28. The Bertz CT molecular complexity index is 208. The number of likely N-dealkylation sites (N-methyl/N-ethyl adjacent to an activating group) is 1. The van der Waals surface area contributed by atoms with E-state index in [-0.39, 0.29) is 0 Å². The first-order valence-electron chi connectivity index (χ1n) is 5.40. The SMILES string of the molecule is CN1CC(C)(C)NCC1(C)C1CC1. The minimum absolute atomic E-state index is 0.295. The zero-order chi connectivity index (χ0) is 9.69. The number of hydrogen-bond donors (Lipinski definition) is 1. The second-order valence-electron chi connectivity index (χ2n) is 5.72. The van der Waals surface area contributed by atoms with Gasteiger partial charge in [0.15, 0.2) is 0 Å². The Hall–Kier alpha value is -0.0800. The molecule has 1 saturated carbocycles. The van der Waals surface area contributed by atoms with E-state index in [1.165, 1.54) is 19.4 Å². The highest BCUT2D eigenvalue weighted by atomic mass is 15.3. The second kappa shape index (κ2) is 2.71. The van der Waals surface area contributed by atoms with Crippen molar-refractivity contribution in [3.05, 3.63) is 0 Å². The first-order valence-corrected chi connectivity index (χ1v) is 5.40. The smallest absolute Gasteiger partial charge is 0.0331 e. The van der Waals surface area contributed by atoms with Gasteiger partial charge >= 0.3 is 0 Å². The van der Waals surface area contributed by atoms with Gasteiger partial charge in [-0.3, -0.25) is 4.90 Å². The van der Waals surface area contributed by atoms with Crippen LogP contribution in [0.2, 0.25) is 0 Å². The third-order valence-electron chi connectivity index (χ3n) is 3.89. The molecule has 2 aliphatic rings. The summed E-state index contributed by atoms with van der Waals surface area (Å²) in [6, 6.07) is 0. The van der Waals surface area contributed by atoms with Gasteiger partial charge in [-0.1, -0.05) is 0 Å².